The Morgan fingerprint density at radius 1 is 1.38 bits per heavy atom. The standard InChI is InChI=1S/C15H18ClNO4/c16-12-8-11(4-5-13(12)18)15(21)17-7-1-2-10(9-17)3-6-14(19)20/h4-5,8,10,18H,1-3,6-7,9H2,(H,19,20). The number of carboxylic acid groups (broad SMARTS) is 1. The number of likely N-dealkylation sites (tertiary alicyclic amines) is 1. The average molecular weight is 312 g/mol. The van der Waals surface area contributed by atoms with E-state index in [-0.39, 0.29) is 29.0 Å². The van der Waals surface area contributed by atoms with Crippen LogP contribution >= 0.6 is 11.6 Å². The van der Waals surface area contributed by atoms with E-state index in [1.807, 2.05) is 0 Å². The highest BCUT2D eigenvalue weighted by Gasteiger charge is 2.25. The number of phenolic OH excluding ortho intramolecular Hbond substituents is 1. The molecule has 1 heterocycles. The highest BCUT2D eigenvalue weighted by atomic mass is 35.5. The van der Waals surface area contributed by atoms with E-state index in [9.17, 15) is 14.7 Å². The largest absolute Gasteiger partial charge is 0.506 e. The molecule has 0 radical (unpaired) electrons. The number of piperidine rings is 1. The molecule has 1 saturated heterocycles. The van der Waals surface area contributed by atoms with E-state index in [4.69, 9.17) is 16.7 Å². The van der Waals surface area contributed by atoms with E-state index in [0.717, 1.165) is 12.8 Å². The molecule has 1 aliphatic rings. The Kier molecular flexibility index (Phi) is 5.07. The molecule has 1 aliphatic heterocycles. The fourth-order valence-electron chi connectivity index (χ4n) is 2.64. The summed E-state index contributed by atoms with van der Waals surface area (Å²) in [5.41, 5.74) is 0.441. The first-order valence-electron chi connectivity index (χ1n) is 6.97. The van der Waals surface area contributed by atoms with Crippen LogP contribution in [0.4, 0.5) is 0 Å². The lowest BCUT2D eigenvalue weighted by atomic mass is 9.93. The molecular formula is C15H18ClNO4. The van der Waals surface area contributed by atoms with Crippen LogP contribution in [-0.4, -0.2) is 40.1 Å². The highest BCUT2D eigenvalue weighted by molar-refractivity contribution is 6.32. The lowest BCUT2D eigenvalue weighted by Crippen LogP contribution is -2.40. The number of carboxylic acids is 1. The Bertz CT molecular complexity index is 546. The zero-order chi connectivity index (χ0) is 15.4. The summed E-state index contributed by atoms with van der Waals surface area (Å²) in [6.07, 6.45) is 2.56. The van der Waals surface area contributed by atoms with Gasteiger partial charge in [-0.2, -0.15) is 0 Å². The molecule has 2 N–H and O–H groups in total. The van der Waals surface area contributed by atoms with Gasteiger partial charge >= 0.3 is 5.97 Å². The molecule has 1 aromatic carbocycles. The van der Waals surface area contributed by atoms with Crippen LogP contribution in [0.25, 0.3) is 0 Å². The molecule has 0 aliphatic carbocycles. The molecule has 6 heteroatoms. The van der Waals surface area contributed by atoms with Gasteiger partial charge in [0.1, 0.15) is 5.75 Å². The third-order valence-corrected chi connectivity index (χ3v) is 4.07. The van der Waals surface area contributed by atoms with E-state index in [2.05, 4.69) is 0 Å². The van der Waals surface area contributed by atoms with Gasteiger partial charge in [0, 0.05) is 25.1 Å². The van der Waals surface area contributed by atoms with Crippen LogP contribution in [0.5, 0.6) is 5.75 Å². The van der Waals surface area contributed by atoms with E-state index in [1.165, 1.54) is 12.1 Å². The number of benzene rings is 1. The molecule has 1 fully saturated rings. The fraction of sp³-hybridized carbons (Fsp3) is 0.467. The number of rotatable bonds is 4. The van der Waals surface area contributed by atoms with Crippen LogP contribution in [0, 0.1) is 5.92 Å². The number of aromatic hydroxyl groups is 1. The molecular weight excluding hydrogens is 294 g/mol. The number of hydrogen-bond donors (Lipinski definition) is 2. The summed E-state index contributed by atoms with van der Waals surface area (Å²) in [6, 6.07) is 4.41. The molecule has 1 amide bonds. The van der Waals surface area contributed by atoms with Crippen molar-refractivity contribution in [1.82, 2.24) is 4.90 Å². The second-order valence-corrected chi connectivity index (χ2v) is 5.77. The molecule has 1 aromatic rings. The smallest absolute Gasteiger partial charge is 0.303 e. The molecule has 1 unspecified atom stereocenters. The van der Waals surface area contributed by atoms with Gasteiger partial charge in [-0.3, -0.25) is 9.59 Å². The summed E-state index contributed by atoms with van der Waals surface area (Å²) in [4.78, 5) is 24.8. The van der Waals surface area contributed by atoms with Crippen LogP contribution in [0.3, 0.4) is 0 Å². The van der Waals surface area contributed by atoms with Crippen molar-refractivity contribution in [2.24, 2.45) is 5.92 Å². The van der Waals surface area contributed by atoms with Crippen molar-refractivity contribution in [3.05, 3.63) is 28.8 Å². The van der Waals surface area contributed by atoms with Crippen molar-refractivity contribution in [3.63, 3.8) is 0 Å². The van der Waals surface area contributed by atoms with E-state index in [1.54, 1.807) is 11.0 Å². The Labute approximate surface area is 128 Å². The van der Waals surface area contributed by atoms with Crippen molar-refractivity contribution < 1.29 is 19.8 Å². The van der Waals surface area contributed by atoms with Gasteiger partial charge in [0.05, 0.1) is 5.02 Å². The normalized spacial score (nSPS) is 18.5. The minimum Gasteiger partial charge on any atom is -0.506 e. The maximum Gasteiger partial charge on any atom is 0.303 e. The van der Waals surface area contributed by atoms with Gasteiger partial charge in [0.25, 0.3) is 5.91 Å². The molecule has 0 bridgehead atoms. The summed E-state index contributed by atoms with van der Waals surface area (Å²) >= 11 is 5.82. The highest BCUT2D eigenvalue weighted by Crippen LogP contribution is 2.26. The summed E-state index contributed by atoms with van der Waals surface area (Å²) in [5, 5.41) is 18.3. The first-order chi connectivity index (χ1) is 9.97. The number of aliphatic carboxylic acids is 1. The number of amides is 1. The van der Waals surface area contributed by atoms with E-state index < -0.39 is 5.97 Å². The van der Waals surface area contributed by atoms with Gasteiger partial charge in [0.2, 0.25) is 0 Å². The van der Waals surface area contributed by atoms with Crippen LogP contribution in [-0.2, 0) is 4.79 Å². The van der Waals surface area contributed by atoms with Crippen molar-refractivity contribution in [2.45, 2.75) is 25.7 Å². The molecule has 114 valence electrons. The van der Waals surface area contributed by atoms with Gasteiger partial charge < -0.3 is 15.1 Å². The average Bonchev–Trinajstić information content (AvgIpc) is 2.47. The van der Waals surface area contributed by atoms with Gasteiger partial charge in [0.15, 0.2) is 0 Å². The Balaban J connectivity index is 2.01. The number of carbonyl (C=O) groups excluding carboxylic acids is 1. The molecule has 2 rings (SSSR count). The minimum absolute atomic E-state index is 0.0498. The fourth-order valence-corrected chi connectivity index (χ4v) is 2.82. The van der Waals surface area contributed by atoms with Crippen LogP contribution in [0.2, 0.25) is 5.02 Å². The number of halogens is 1. The van der Waals surface area contributed by atoms with E-state index in [0.29, 0.717) is 25.1 Å². The van der Waals surface area contributed by atoms with Crippen LogP contribution < -0.4 is 0 Å². The van der Waals surface area contributed by atoms with E-state index >= 15 is 0 Å². The first-order valence-corrected chi connectivity index (χ1v) is 7.34. The summed E-state index contributed by atoms with van der Waals surface area (Å²) in [5.74, 6) is -0.752. The second kappa shape index (κ2) is 6.80. The SMILES string of the molecule is O=C(O)CCC1CCCN(C(=O)c2ccc(O)c(Cl)c2)C1. The topological polar surface area (TPSA) is 77.8 Å². The monoisotopic (exact) mass is 311 g/mol. The molecule has 5 nitrogen and oxygen atoms in total. The third-order valence-electron chi connectivity index (χ3n) is 3.77. The predicted molar refractivity (Wildman–Crippen MR) is 78.6 cm³/mol. The van der Waals surface area contributed by atoms with Gasteiger partial charge in [-0.25, -0.2) is 0 Å². The maximum absolute atomic E-state index is 12.4. The summed E-state index contributed by atoms with van der Waals surface area (Å²) in [7, 11) is 0. The molecule has 1 atom stereocenters. The number of carbonyl (C=O) groups is 2. The minimum atomic E-state index is -0.802. The van der Waals surface area contributed by atoms with Gasteiger partial charge in [-0.05, 0) is 43.4 Å². The lowest BCUT2D eigenvalue weighted by Gasteiger charge is -2.32. The van der Waals surface area contributed by atoms with Gasteiger partial charge in [-0.15, -0.1) is 0 Å². The van der Waals surface area contributed by atoms with Crippen LogP contribution in [0.15, 0.2) is 18.2 Å². The third kappa shape index (κ3) is 4.11. The molecule has 0 spiro atoms. The summed E-state index contributed by atoms with van der Waals surface area (Å²) < 4.78 is 0. The lowest BCUT2D eigenvalue weighted by molar-refractivity contribution is -0.137. The number of nitrogens with zero attached hydrogens (tertiary/aromatic N) is 1. The Hall–Kier alpha value is -1.75. The van der Waals surface area contributed by atoms with Crippen molar-refractivity contribution in [3.8, 4) is 5.75 Å². The quantitative estimate of drug-likeness (QED) is 0.896. The number of phenols is 1. The van der Waals surface area contributed by atoms with Crippen molar-refractivity contribution in [1.29, 1.82) is 0 Å². The zero-order valence-corrected chi connectivity index (χ0v) is 12.3. The first kappa shape index (κ1) is 15.6. The predicted octanol–water partition coefficient (Wildman–Crippen LogP) is 2.76. The summed E-state index contributed by atoms with van der Waals surface area (Å²) in [6.45, 7) is 1.24. The zero-order valence-electron chi connectivity index (χ0n) is 11.6. The Morgan fingerprint density at radius 2 is 2.14 bits per heavy atom. The maximum atomic E-state index is 12.4. The Morgan fingerprint density at radius 3 is 2.81 bits per heavy atom. The van der Waals surface area contributed by atoms with Crippen molar-refractivity contribution >= 4 is 23.5 Å². The number of hydrogen-bond acceptors (Lipinski definition) is 3. The molecule has 21 heavy (non-hydrogen) atoms. The van der Waals surface area contributed by atoms with Crippen LogP contribution in [0.1, 0.15) is 36.0 Å². The molecule has 0 aromatic heterocycles. The van der Waals surface area contributed by atoms with Gasteiger partial charge in [-0.1, -0.05) is 11.6 Å². The van der Waals surface area contributed by atoms with Crippen molar-refractivity contribution in [2.75, 3.05) is 13.1 Å². The second-order valence-electron chi connectivity index (χ2n) is 5.36. The molecule has 0 saturated carbocycles.